The summed E-state index contributed by atoms with van der Waals surface area (Å²) in [5, 5.41) is 0. The van der Waals surface area contributed by atoms with E-state index >= 15 is 0 Å². The Morgan fingerprint density at radius 2 is 2.13 bits per heavy atom. The second-order valence-corrected chi connectivity index (χ2v) is 5.54. The van der Waals surface area contributed by atoms with Gasteiger partial charge in [-0.15, -0.1) is 0 Å². The lowest BCUT2D eigenvalue weighted by atomic mass is 9.89. The molecule has 1 aromatic carbocycles. The van der Waals surface area contributed by atoms with Crippen molar-refractivity contribution in [3.63, 3.8) is 0 Å². The van der Waals surface area contributed by atoms with Gasteiger partial charge in [0.05, 0.1) is 0 Å². The van der Waals surface area contributed by atoms with Gasteiger partial charge in [0, 0.05) is 23.6 Å². The van der Waals surface area contributed by atoms with Gasteiger partial charge in [-0.3, -0.25) is 4.90 Å². The van der Waals surface area contributed by atoms with Gasteiger partial charge >= 0.3 is 0 Å². The number of nitrogens with zero attached hydrogens (tertiary/aromatic N) is 1. The van der Waals surface area contributed by atoms with Crippen LogP contribution >= 0.6 is 15.9 Å². The summed E-state index contributed by atoms with van der Waals surface area (Å²) in [6.45, 7) is 2.41. The molecule has 1 nitrogen and oxygen atoms in total. The van der Waals surface area contributed by atoms with E-state index in [0.29, 0.717) is 0 Å². The Morgan fingerprint density at radius 1 is 1.27 bits per heavy atom. The minimum atomic E-state index is 0.880. The Labute approximate surface area is 99.6 Å². The second kappa shape index (κ2) is 3.91. The van der Waals surface area contributed by atoms with Crippen LogP contribution < -0.4 is 0 Å². The lowest BCUT2D eigenvalue weighted by Gasteiger charge is -2.40. The number of hydrogen-bond acceptors (Lipinski definition) is 1. The molecule has 2 aliphatic rings. The van der Waals surface area contributed by atoms with E-state index in [1.807, 2.05) is 0 Å². The number of hydrogen-bond donors (Lipinski definition) is 0. The quantitative estimate of drug-likeness (QED) is 0.753. The molecule has 0 radical (unpaired) electrons. The van der Waals surface area contributed by atoms with Crippen molar-refractivity contribution in [3.8, 4) is 0 Å². The Bertz CT molecular complexity index is 371. The topological polar surface area (TPSA) is 3.24 Å². The van der Waals surface area contributed by atoms with E-state index < -0.39 is 0 Å². The van der Waals surface area contributed by atoms with Crippen LogP contribution in [-0.2, 0) is 13.0 Å². The molecule has 0 spiro atoms. The first-order valence-corrected chi connectivity index (χ1v) is 6.64. The molecule has 0 amide bonds. The Kier molecular flexibility index (Phi) is 2.57. The molecule has 80 valence electrons. The monoisotopic (exact) mass is 265 g/mol. The van der Waals surface area contributed by atoms with E-state index in [2.05, 4.69) is 39.0 Å². The maximum absolute atomic E-state index is 3.67. The summed E-state index contributed by atoms with van der Waals surface area (Å²) in [5.41, 5.74) is 3.07. The third kappa shape index (κ3) is 1.74. The molecule has 1 heterocycles. The summed E-state index contributed by atoms with van der Waals surface area (Å²) in [7, 11) is 0. The van der Waals surface area contributed by atoms with Gasteiger partial charge in [0.1, 0.15) is 0 Å². The zero-order valence-corrected chi connectivity index (χ0v) is 10.5. The minimum Gasteiger partial charge on any atom is -0.296 e. The van der Waals surface area contributed by atoms with Crippen LogP contribution in [0.25, 0.3) is 0 Å². The highest BCUT2D eigenvalue weighted by molar-refractivity contribution is 9.10. The van der Waals surface area contributed by atoms with Crippen LogP contribution in [0.15, 0.2) is 22.7 Å². The number of benzene rings is 1. The summed E-state index contributed by atoms with van der Waals surface area (Å²) in [6.07, 6.45) is 5.49. The average Bonchev–Trinajstić information content (AvgIpc) is 2.17. The van der Waals surface area contributed by atoms with Gasteiger partial charge in [-0.2, -0.15) is 0 Å². The van der Waals surface area contributed by atoms with Gasteiger partial charge in [0.15, 0.2) is 0 Å². The largest absolute Gasteiger partial charge is 0.296 e. The van der Waals surface area contributed by atoms with Crippen molar-refractivity contribution in [1.82, 2.24) is 4.90 Å². The smallest absolute Gasteiger partial charge is 0.0250 e. The van der Waals surface area contributed by atoms with Gasteiger partial charge in [-0.05, 0) is 36.5 Å². The Balaban J connectivity index is 1.85. The summed E-state index contributed by atoms with van der Waals surface area (Å²) in [4.78, 5) is 2.66. The maximum atomic E-state index is 3.67. The molecule has 0 aromatic heterocycles. The van der Waals surface area contributed by atoms with E-state index in [4.69, 9.17) is 0 Å². The molecular formula is C13H16BrN. The van der Waals surface area contributed by atoms with Gasteiger partial charge in [0.2, 0.25) is 0 Å². The van der Waals surface area contributed by atoms with E-state index in [-0.39, 0.29) is 0 Å². The Hall–Kier alpha value is -0.340. The predicted molar refractivity (Wildman–Crippen MR) is 65.9 cm³/mol. The first-order valence-electron chi connectivity index (χ1n) is 5.85. The molecule has 0 atom stereocenters. The third-order valence-electron chi connectivity index (χ3n) is 3.84. The van der Waals surface area contributed by atoms with Crippen molar-refractivity contribution in [2.45, 2.75) is 38.3 Å². The summed E-state index contributed by atoms with van der Waals surface area (Å²) in [6, 6.07) is 7.48. The molecular weight excluding hydrogens is 250 g/mol. The highest BCUT2D eigenvalue weighted by Crippen LogP contribution is 2.32. The van der Waals surface area contributed by atoms with Gasteiger partial charge in [-0.25, -0.2) is 0 Å². The van der Waals surface area contributed by atoms with Crippen LogP contribution in [0.5, 0.6) is 0 Å². The normalized spacial score (nSPS) is 22.2. The first kappa shape index (κ1) is 9.86. The summed E-state index contributed by atoms with van der Waals surface area (Å²) >= 11 is 3.67. The van der Waals surface area contributed by atoms with Crippen molar-refractivity contribution in [2.24, 2.45) is 0 Å². The molecule has 0 bridgehead atoms. The van der Waals surface area contributed by atoms with Crippen LogP contribution in [-0.4, -0.2) is 17.5 Å². The second-order valence-electron chi connectivity index (χ2n) is 4.68. The van der Waals surface area contributed by atoms with E-state index in [1.165, 1.54) is 42.3 Å². The molecule has 1 saturated carbocycles. The van der Waals surface area contributed by atoms with Crippen molar-refractivity contribution in [1.29, 1.82) is 0 Å². The van der Waals surface area contributed by atoms with Gasteiger partial charge in [0.25, 0.3) is 0 Å². The predicted octanol–water partition coefficient (Wildman–Crippen LogP) is 3.36. The molecule has 1 aliphatic carbocycles. The zero-order chi connectivity index (χ0) is 10.3. The van der Waals surface area contributed by atoms with Gasteiger partial charge < -0.3 is 0 Å². The van der Waals surface area contributed by atoms with Crippen molar-refractivity contribution >= 4 is 15.9 Å². The molecule has 2 heteroatoms. The van der Waals surface area contributed by atoms with Crippen LogP contribution in [0.2, 0.25) is 0 Å². The molecule has 3 rings (SSSR count). The molecule has 15 heavy (non-hydrogen) atoms. The molecule has 0 unspecified atom stereocenters. The van der Waals surface area contributed by atoms with Crippen molar-refractivity contribution in [2.75, 3.05) is 6.54 Å². The standard InChI is InChI=1S/C13H16BrN/c14-13-6-1-3-10-7-8-15(9-12(10)13)11-4-2-5-11/h1,3,6,11H,2,4-5,7-9H2. The highest BCUT2D eigenvalue weighted by Gasteiger charge is 2.28. The van der Waals surface area contributed by atoms with Crippen molar-refractivity contribution in [3.05, 3.63) is 33.8 Å². The fourth-order valence-electron chi connectivity index (χ4n) is 2.62. The fourth-order valence-corrected chi connectivity index (χ4v) is 3.16. The SMILES string of the molecule is Brc1cccc2c1CN(C1CCC1)CC2. The molecule has 1 aliphatic heterocycles. The highest BCUT2D eigenvalue weighted by atomic mass is 79.9. The average molecular weight is 266 g/mol. The number of rotatable bonds is 1. The van der Waals surface area contributed by atoms with Crippen LogP contribution in [0.3, 0.4) is 0 Å². The first-order chi connectivity index (χ1) is 7.34. The lowest BCUT2D eigenvalue weighted by Crippen LogP contribution is -2.43. The van der Waals surface area contributed by atoms with E-state index in [1.54, 1.807) is 5.56 Å². The third-order valence-corrected chi connectivity index (χ3v) is 4.58. The van der Waals surface area contributed by atoms with Crippen LogP contribution in [0, 0.1) is 0 Å². The molecule has 0 N–H and O–H groups in total. The minimum absolute atomic E-state index is 0.880. The van der Waals surface area contributed by atoms with Crippen LogP contribution in [0.4, 0.5) is 0 Å². The number of fused-ring (bicyclic) bond motifs is 1. The van der Waals surface area contributed by atoms with E-state index in [0.717, 1.165) is 12.6 Å². The zero-order valence-electron chi connectivity index (χ0n) is 8.88. The summed E-state index contributed by atoms with van der Waals surface area (Å²) in [5.74, 6) is 0. The molecule has 1 fully saturated rings. The Morgan fingerprint density at radius 3 is 2.87 bits per heavy atom. The number of halogens is 1. The molecule has 0 saturated heterocycles. The van der Waals surface area contributed by atoms with Crippen molar-refractivity contribution < 1.29 is 0 Å². The van der Waals surface area contributed by atoms with Gasteiger partial charge in [-0.1, -0.05) is 34.5 Å². The fraction of sp³-hybridized carbons (Fsp3) is 0.538. The molecule has 1 aromatic rings. The summed E-state index contributed by atoms with van der Waals surface area (Å²) < 4.78 is 1.30. The lowest BCUT2D eigenvalue weighted by molar-refractivity contribution is 0.113. The van der Waals surface area contributed by atoms with Crippen LogP contribution in [0.1, 0.15) is 30.4 Å². The van der Waals surface area contributed by atoms with E-state index in [9.17, 15) is 0 Å². The maximum Gasteiger partial charge on any atom is 0.0250 e.